The van der Waals surface area contributed by atoms with Crippen molar-refractivity contribution in [3.63, 3.8) is 0 Å². The first-order valence-corrected chi connectivity index (χ1v) is 11.9. The Morgan fingerprint density at radius 3 is 2.34 bits per heavy atom. The molecule has 0 radical (unpaired) electrons. The van der Waals surface area contributed by atoms with Gasteiger partial charge in [0.1, 0.15) is 5.82 Å². The Kier molecular flexibility index (Phi) is 7.70. The van der Waals surface area contributed by atoms with Crippen LogP contribution in [0.3, 0.4) is 0 Å². The average Bonchev–Trinajstić information content (AvgIpc) is 3.29. The van der Waals surface area contributed by atoms with Crippen LogP contribution in [0.1, 0.15) is 35.3 Å². The predicted octanol–water partition coefficient (Wildman–Crippen LogP) is 6.94. The summed E-state index contributed by atoms with van der Waals surface area (Å²) in [6.07, 6.45) is -3.87. The fourth-order valence-electron chi connectivity index (χ4n) is 4.15. The van der Waals surface area contributed by atoms with Crippen LogP contribution in [-0.4, -0.2) is 34.6 Å². The van der Waals surface area contributed by atoms with Crippen molar-refractivity contribution in [2.75, 3.05) is 18.4 Å². The van der Waals surface area contributed by atoms with Gasteiger partial charge in [-0.3, -0.25) is 4.79 Å². The molecule has 0 fully saturated rings. The van der Waals surface area contributed by atoms with Crippen molar-refractivity contribution >= 4 is 28.6 Å². The molecule has 1 heterocycles. The summed E-state index contributed by atoms with van der Waals surface area (Å²) in [5.41, 5.74) is -0.487. The van der Waals surface area contributed by atoms with Crippen molar-refractivity contribution in [2.45, 2.75) is 26.6 Å². The molecule has 0 aliphatic heterocycles. The van der Waals surface area contributed by atoms with Gasteiger partial charge in [0.25, 0.3) is 5.91 Å². The van der Waals surface area contributed by atoms with Gasteiger partial charge in [0.05, 0.1) is 22.3 Å². The van der Waals surface area contributed by atoms with E-state index >= 15 is 0 Å². The van der Waals surface area contributed by atoms with Crippen LogP contribution in [0.15, 0.2) is 72.9 Å². The van der Waals surface area contributed by atoms with E-state index in [2.05, 4.69) is 5.32 Å². The SMILES string of the molecule is CCN(CC)C(=O)Oc1ccc2c(ccn2Cc2ccccc2)c1NC(=O)c1ccc(F)cc1C(F)(F)F. The summed E-state index contributed by atoms with van der Waals surface area (Å²) in [7, 11) is 0. The van der Waals surface area contributed by atoms with E-state index in [0.717, 1.165) is 17.7 Å². The maximum Gasteiger partial charge on any atom is 0.417 e. The topological polar surface area (TPSA) is 63.6 Å². The molecule has 38 heavy (non-hydrogen) atoms. The van der Waals surface area contributed by atoms with Gasteiger partial charge < -0.3 is 19.5 Å². The maximum absolute atomic E-state index is 13.6. The minimum atomic E-state index is -4.96. The smallest absolute Gasteiger partial charge is 0.408 e. The summed E-state index contributed by atoms with van der Waals surface area (Å²) in [5, 5.41) is 2.94. The molecule has 0 saturated carbocycles. The standard InChI is InChI=1S/C28H25F4N3O3/c1-3-34(4-2)27(37)38-24-13-12-23-21(14-15-35(23)17-18-8-6-5-7-9-18)25(24)33-26(36)20-11-10-19(29)16-22(20)28(30,31)32/h5-16H,3-4,17H2,1-2H3,(H,33,36). The zero-order valence-electron chi connectivity index (χ0n) is 20.7. The minimum Gasteiger partial charge on any atom is -0.408 e. The van der Waals surface area contributed by atoms with E-state index in [1.165, 1.54) is 11.0 Å². The van der Waals surface area contributed by atoms with Gasteiger partial charge in [0.2, 0.25) is 0 Å². The summed E-state index contributed by atoms with van der Waals surface area (Å²) in [4.78, 5) is 27.2. The molecule has 3 aromatic carbocycles. The summed E-state index contributed by atoms with van der Waals surface area (Å²) >= 11 is 0. The predicted molar refractivity (Wildman–Crippen MR) is 136 cm³/mol. The molecular formula is C28H25F4N3O3. The third-order valence-corrected chi connectivity index (χ3v) is 6.10. The lowest BCUT2D eigenvalue weighted by Gasteiger charge is -2.20. The van der Waals surface area contributed by atoms with E-state index in [1.54, 1.807) is 32.2 Å². The summed E-state index contributed by atoms with van der Waals surface area (Å²) in [6, 6.07) is 16.3. The number of alkyl halides is 3. The number of anilines is 1. The molecule has 6 nitrogen and oxygen atoms in total. The van der Waals surface area contributed by atoms with E-state index in [-0.39, 0.29) is 17.5 Å². The first-order valence-electron chi connectivity index (χ1n) is 11.9. The second-order valence-corrected chi connectivity index (χ2v) is 8.48. The van der Waals surface area contributed by atoms with Gasteiger partial charge in [0, 0.05) is 31.2 Å². The number of benzene rings is 3. The second-order valence-electron chi connectivity index (χ2n) is 8.48. The number of aromatic nitrogens is 1. The van der Waals surface area contributed by atoms with Gasteiger partial charge in [-0.25, -0.2) is 9.18 Å². The quantitative estimate of drug-likeness (QED) is 0.265. The lowest BCUT2D eigenvalue weighted by atomic mass is 10.1. The zero-order chi connectivity index (χ0) is 27.4. The van der Waals surface area contributed by atoms with Crippen molar-refractivity contribution in [3.8, 4) is 5.75 Å². The highest BCUT2D eigenvalue weighted by Gasteiger charge is 2.36. The number of fused-ring (bicyclic) bond motifs is 1. The Morgan fingerprint density at radius 2 is 1.68 bits per heavy atom. The zero-order valence-corrected chi connectivity index (χ0v) is 20.7. The molecule has 0 aliphatic carbocycles. The van der Waals surface area contributed by atoms with E-state index < -0.39 is 35.1 Å². The van der Waals surface area contributed by atoms with Crippen molar-refractivity contribution in [2.24, 2.45) is 0 Å². The fourth-order valence-corrected chi connectivity index (χ4v) is 4.15. The van der Waals surface area contributed by atoms with Gasteiger partial charge in [-0.05, 0) is 55.8 Å². The van der Waals surface area contributed by atoms with Gasteiger partial charge in [-0.2, -0.15) is 13.2 Å². The van der Waals surface area contributed by atoms with Crippen LogP contribution >= 0.6 is 0 Å². The van der Waals surface area contributed by atoms with E-state index in [9.17, 15) is 27.2 Å². The van der Waals surface area contributed by atoms with Crippen LogP contribution in [0.25, 0.3) is 10.9 Å². The summed E-state index contributed by atoms with van der Waals surface area (Å²) < 4.78 is 61.8. The molecule has 0 spiro atoms. The highest BCUT2D eigenvalue weighted by molar-refractivity contribution is 6.11. The van der Waals surface area contributed by atoms with Gasteiger partial charge >= 0.3 is 12.3 Å². The monoisotopic (exact) mass is 527 g/mol. The number of nitrogens with one attached hydrogen (secondary N) is 1. The maximum atomic E-state index is 13.6. The first-order chi connectivity index (χ1) is 18.1. The third-order valence-electron chi connectivity index (χ3n) is 6.10. The molecule has 0 bridgehead atoms. The van der Waals surface area contributed by atoms with E-state index in [4.69, 9.17) is 4.74 Å². The Labute approximate surface area is 216 Å². The lowest BCUT2D eigenvalue weighted by Crippen LogP contribution is -2.33. The Hall–Kier alpha value is -4.34. The van der Waals surface area contributed by atoms with Crippen molar-refractivity contribution in [1.29, 1.82) is 0 Å². The summed E-state index contributed by atoms with van der Waals surface area (Å²) in [6.45, 7) is 4.78. The number of ether oxygens (including phenoxy) is 1. The van der Waals surface area contributed by atoms with Gasteiger partial charge in [0.15, 0.2) is 5.75 Å². The molecule has 2 amide bonds. The van der Waals surface area contributed by atoms with Crippen molar-refractivity contribution < 1.29 is 31.9 Å². The number of carbonyl (C=O) groups is 2. The van der Waals surface area contributed by atoms with Crippen LogP contribution < -0.4 is 10.1 Å². The molecular weight excluding hydrogens is 502 g/mol. The van der Waals surface area contributed by atoms with Crippen molar-refractivity contribution in [1.82, 2.24) is 9.47 Å². The average molecular weight is 528 g/mol. The Balaban J connectivity index is 1.78. The fraction of sp³-hybridized carbons (Fsp3) is 0.214. The van der Waals surface area contributed by atoms with E-state index in [1.807, 2.05) is 34.9 Å². The normalized spacial score (nSPS) is 11.4. The van der Waals surface area contributed by atoms with E-state index in [0.29, 0.717) is 30.5 Å². The summed E-state index contributed by atoms with van der Waals surface area (Å²) in [5.74, 6) is -2.28. The second kappa shape index (κ2) is 11.0. The van der Waals surface area contributed by atoms with Crippen LogP contribution in [0.5, 0.6) is 5.75 Å². The first kappa shape index (κ1) is 26.7. The molecule has 0 atom stereocenters. The lowest BCUT2D eigenvalue weighted by molar-refractivity contribution is -0.138. The number of rotatable bonds is 7. The molecule has 1 N–H and O–H groups in total. The third kappa shape index (κ3) is 5.64. The number of halogens is 4. The minimum absolute atomic E-state index is 0.0252. The molecule has 0 saturated heterocycles. The van der Waals surface area contributed by atoms with Crippen LogP contribution in [-0.2, 0) is 12.7 Å². The number of hydrogen-bond donors (Lipinski definition) is 1. The Morgan fingerprint density at radius 1 is 0.974 bits per heavy atom. The molecule has 198 valence electrons. The number of carbonyl (C=O) groups excluding carboxylic acids is 2. The molecule has 4 aromatic rings. The number of amides is 2. The van der Waals surface area contributed by atoms with Crippen LogP contribution in [0.4, 0.5) is 28.0 Å². The number of hydrogen-bond acceptors (Lipinski definition) is 3. The van der Waals surface area contributed by atoms with Crippen molar-refractivity contribution in [3.05, 3.63) is 95.4 Å². The molecule has 0 unspecified atom stereocenters. The van der Waals surface area contributed by atoms with Gasteiger partial charge in [-0.1, -0.05) is 30.3 Å². The molecule has 0 aliphatic rings. The Bertz CT molecular complexity index is 1460. The highest BCUT2D eigenvalue weighted by atomic mass is 19.4. The van der Waals surface area contributed by atoms with Crippen LogP contribution in [0.2, 0.25) is 0 Å². The molecule has 1 aromatic heterocycles. The molecule has 10 heteroatoms. The number of nitrogens with zero attached hydrogens (tertiary/aromatic N) is 2. The van der Waals surface area contributed by atoms with Gasteiger partial charge in [-0.15, -0.1) is 0 Å². The van der Waals surface area contributed by atoms with Crippen LogP contribution in [0, 0.1) is 5.82 Å². The molecule has 4 rings (SSSR count). The largest absolute Gasteiger partial charge is 0.417 e. The highest BCUT2D eigenvalue weighted by Crippen LogP contribution is 2.37.